The normalized spacial score (nSPS) is 12.4. The Labute approximate surface area is 305 Å². The number of rotatable bonds is 19. The highest BCUT2D eigenvalue weighted by molar-refractivity contribution is 7.44. The summed E-state index contributed by atoms with van der Waals surface area (Å²) in [5.74, 6) is 2.68. The van der Waals surface area contributed by atoms with Gasteiger partial charge < -0.3 is 23.3 Å². The Morgan fingerprint density at radius 2 is 1.43 bits per heavy atom. The van der Waals surface area contributed by atoms with Crippen LogP contribution in [0.2, 0.25) is 0 Å². The second-order valence-electron chi connectivity index (χ2n) is 12.1. The highest BCUT2D eigenvalue weighted by atomic mass is 32.1. The van der Waals surface area contributed by atoms with Gasteiger partial charge >= 0.3 is 0 Å². The Balaban J connectivity index is 1.51. The van der Waals surface area contributed by atoms with Gasteiger partial charge in [0.15, 0.2) is 11.6 Å². The molecule has 0 aliphatic carbocycles. The zero-order chi connectivity index (χ0) is 36.2. The van der Waals surface area contributed by atoms with Crippen LogP contribution >= 0.6 is 19.9 Å². The first-order valence-corrected chi connectivity index (χ1v) is 18.8. The van der Waals surface area contributed by atoms with Gasteiger partial charge in [0.25, 0.3) is 8.53 Å². The molecule has 5 aromatic rings. The second kappa shape index (κ2) is 18.3. The summed E-state index contributed by atoms with van der Waals surface area (Å²) in [6.07, 6.45) is 2.06. The number of benzene rings is 3. The van der Waals surface area contributed by atoms with Crippen molar-refractivity contribution in [1.29, 1.82) is 5.26 Å². The van der Waals surface area contributed by atoms with E-state index in [2.05, 4.69) is 55.6 Å². The number of ether oxygens (including phenoxy) is 3. The summed E-state index contributed by atoms with van der Waals surface area (Å²) in [6.45, 7) is 9.60. The van der Waals surface area contributed by atoms with Crippen LogP contribution in [-0.4, -0.2) is 63.9 Å². The molecule has 0 aliphatic rings. The van der Waals surface area contributed by atoms with Crippen molar-refractivity contribution in [3.05, 3.63) is 113 Å². The average molecular weight is 729 g/mol. The van der Waals surface area contributed by atoms with Gasteiger partial charge in [-0.1, -0.05) is 54.6 Å². The van der Waals surface area contributed by atoms with E-state index in [4.69, 9.17) is 38.6 Å². The van der Waals surface area contributed by atoms with Gasteiger partial charge in [0, 0.05) is 18.3 Å². The van der Waals surface area contributed by atoms with Crippen molar-refractivity contribution in [2.45, 2.75) is 65.0 Å². The van der Waals surface area contributed by atoms with Gasteiger partial charge in [-0.05, 0) is 68.7 Å². The number of hydrogen-bond donors (Lipinski definition) is 0. The van der Waals surface area contributed by atoms with Gasteiger partial charge in [0.1, 0.15) is 23.7 Å². The minimum atomic E-state index is -1.41. The van der Waals surface area contributed by atoms with Crippen molar-refractivity contribution < 1.29 is 23.3 Å². The predicted molar refractivity (Wildman–Crippen MR) is 199 cm³/mol. The first-order valence-electron chi connectivity index (χ1n) is 16.8. The number of aromatic nitrogens is 4. The molecule has 0 saturated carbocycles. The third-order valence-corrected chi connectivity index (χ3v) is 11.0. The molecule has 0 fully saturated rings. The molecule has 0 bridgehead atoms. The molecular formula is C38H45N6O5PS. The highest BCUT2D eigenvalue weighted by Crippen LogP contribution is 2.46. The van der Waals surface area contributed by atoms with Crippen LogP contribution in [0.5, 0.6) is 11.5 Å². The standard InChI is InChI=1S/C38H45N6O5PS/c1-28(2)44(29(3)4)50(48-23-10-21-39)49-24-22-43-36(41-37(42-43)35-25-40-27-51-35)26-47-38(30-11-8-7-9-12-30,31-13-17-33(45-5)18-14-31)32-15-19-34(46-6)20-16-32/h7-9,11-20,25,27-29H,10,22-24,26H2,1-6H3. The van der Waals surface area contributed by atoms with E-state index in [0.717, 1.165) is 33.1 Å². The quantitative estimate of drug-likeness (QED) is 0.0468. The van der Waals surface area contributed by atoms with Crippen molar-refractivity contribution in [3.8, 4) is 28.3 Å². The molecule has 1 unspecified atom stereocenters. The molecule has 0 saturated heterocycles. The van der Waals surface area contributed by atoms with Crippen LogP contribution in [0.1, 0.15) is 56.6 Å². The first kappa shape index (κ1) is 38.0. The van der Waals surface area contributed by atoms with E-state index >= 15 is 0 Å². The third kappa shape index (κ3) is 9.18. The van der Waals surface area contributed by atoms with E-state index in [0.29, 0.717) is 37.8 Å². The zero-order valence-corrected chi connectivity index (χ0v) is 31.6. The summed E-state index contributed by atoms with van der Waals surface area (Å²) < 4.78 is 34.8. The highest BCUT2D eigenvalue weighted by Gasteiger charge is 2.38. The predicted octanol–water partition coefficient (Wildman–Crippen LogP) is 8.22. The molecule has 51 heavy (non-hydrogen) atoms. The van der Waals surface area contributed by atoms with Crippen LogP contribution in [0.4, 0.5) is 0 Å². The van der Waals surface area contributed by atoms with E-state index in [1.54, 1.807) is 25.9 Å². The van der Waals surface area contributed by atoms with Crippen LogP contribution in [0.25, 0.3) is 10.7 Å². The molecule has 2 aromatic heterocycles. The molecule has 0 amide bonds. The maximum atomic E-state index is 9.12. The Morgan fingerprint density at radius 3 is 1.96 bits per heavy atom. The first-order chi connectivity index (χ1) is 24.8. The zero-order valence-electron chi connectivity index (χ0n) is 29.9. The largest absolute Gasteiger partial charge is 0.497 e. The van der Waals surface area contributed by atoms with Crippen molar-refractivity contribution in [1.82, 2.24) is 24.4 Å². The monoisotopic (exact) mass is 728 g/mol. The molecule has 0 N–H and O–H groups in total. The summed E-state index contributed by atoms with van der Waals surface area (Å²) >= 11 is 1.47. The van der Waals surface area contributed by atoms with E-state index in [-0.39, 0.29) is 18.7 Å². The Kier molecular flexibility index (Phi) is 13.7. The van der Waals surface area contributed by atoms with Crippen LogP contribution in [0.15, 0.2) is 90.6 Å². The van der Waals surface area contributed by atoms with Gasteiger partial charge in [-0.15, -0.1) is 16.4 Å². The summed E-state index contributed by atoms with van der Waals surface area (Å²) in [5.41, 5.74) is 3.51. The lowest BCUT2D eigenvalue weighted by molar-refractivity contribution is -0.00515. The van der Waals surface area contributed by atoms with Crippen LogP contribution in [0.3, 0.4) is 0 Å². The smallest absolute Gasteiger partial charge is 0.259 e. The minimum Gasteiger partial charge on any atom is -0.497 e. The van der Waals surface area contributed by atoms with E-state index in [9.17, 15) is 0 Å². The maximum absolute atomic E-state index is 9.12. The Hall–Kier alpha value is -4.21. The van der Waals surface area contributed by atoms with Gasteiger partial charge in [-0.25, -0.2) is 14.3 Å². The molecule has 3 aromatic carbocycles. The molecule has 2 heterocycles. The molecule has 13 heteroatoms. The Morgan fingerprint density at radius 1 is 0.843 bits per heavy atom. The van der Waals surface area contributed by atoms with Crippen LogP contribution in [-0.2, 0) is 32.5 Å². The van der Waals surface area contributed by atoms with Crippen molar-refractivity contribution in [2.75, 3.05) is 27.4 Å². The van der Waals surface area contributed by atoms with Crippen molar-refractivity contribution in [3.63, 3.8) is 0 Å². The summed E-state index contributed by atoms with van der Waals surface area (Å²) in [6, 6.07) is 28.6. The minimum absolute atomic E-state index is 0.121. The second-order valence-corrected chi connectivity index (χ2v) is 14.5. The van der Waals surface area contributed by atoms with Crippen molar-refractivity contribution in [2.24, 2.45) is 0 Å². The molecule has 1 atom stereocenters. The maximum Gasteiger partial charge on any atom is 0.259 e. The molecule has 0 radical (unpaired) electrons. The third-order valence-electron chi connectivity index (χ3n) is 8.16. The van der Waals surface area contributed by atoms with E-state index in [1.165, 1.54) is 11.3 Å². The van der Waals surface area contributed by atoms with E-state index in [1.807, 2.05) is 71.4 Å². The summed E-state index contributed by atoms with van der Waals surface area (Å²) in [4.78, 5) is 10.1. The number of nitrogens with zero attached hydrogens (tertiary/aromatic N) is 6. The number of thiazole rings is 1. The summed E-state index contributed by atoms with van der Waals surface area (Å²) in [5, 5.41) is 14.0. The summed E-state index contributed by atoms with van der Waals surface area (Å²) in [7, 11) is 1.89. The molecular weight excluding hydrogens is 683 g/mol. The number of nitriles is 1. The van der Waals surface area contributed by atoms with Crippen molar-refractivity contribution >= 4 is 19.9 Å². The van der Waals surface area contributed by atoms with Gasteiger partial charge in [0.05, 0.1) is 56.9 Å². The molecule has 0 aliphatic heterocycles. The topological polar surface area (TPSA) is 117 Å². The molecule has 268 valence electrons. The SMILES string of the molecule is COc1ccc(C(OCc2nc(-c3cncs3)nn2CCOP(OCCC#N)N(C(C)C)C(C)C)(c2ccccc2)c2ccc(OC)cc2)cc1. The number of hydrogen-bond acceptors (Lipinski definition) is 11. The lowest BCUT2D eigenvalue weighted by Gasteiger charge is -2.36. The van der Waals surface area contributed by atoms with Crippen LogP contribution in [0, 0.1) is 11.3 Å². The van der Waals surface area contributed by atoms with E-state index < -0.39 is 14.1 Å². The lowest BCUT2D eigenvalue weighted by atomic mass is 9.80. The number of methoxy groups -OCH3 is 2. The Bertz CT molecular complexity index is 1760. The van der Waals surface area contributed by atoms with Gasteiger partial charge in [-0.3, -0.25) is 4.98 Å². The fourth-order valence-electron chi connectivity index (χ4n) is 5.86. The fraction of sp³-hybridized carbons (Fsp3) is 0.368. The lowest BCUT2D eigenvalue weighted by Crippen LogP contribution is -2.34. The molecule has 11 nitrogen and oxygen atoms in total. The van der Waals surface area contributed by atoms with Crippen LogP contribution < -0.4 is 9.47 Å². The average Bonchev–Trinajstić information content (AvgIpc) is 3.83. The fourth-order valence-corrected chi connectivity index (χ4v) is 7.99. The molecule has 0 spiro atoms. The molecule has 5 rings (SSSR count). The van der Waals surface area contributed by atoms with Gasteiger partial charge in [-0.2, -0.15) is 5.26 Å². The van der Waals surface area contributed by atoms with Gasteiger partial charge in [0.2, 0.25) is 0 Å².